The van der Waals surface area contributed by atoms with E-state index in [1.165, 1.54) is 18.3 Å². The number of pyridine rings is 1. The second kappa shape index (κ2) is 6.80. The molecule has 0 aromatic carbocycles. The topological polar surface area (TPSA) is 75.2 Å². The van der Waals surface area contributed by atoms with Gasteiger partial charge < -0.3 is 15.4 Å². The molecule has 0 amide bonds. The summed E-state index contributed by atoms with van der Waals surface area (Å²) >= 11 is 0. The standard InChI is InChI=1S/C11H17FN4O/c1-17-8-7-16(6-4-10(13)14)11-9(12)3-2-5-15-11/h2-3,5H,4,6-8H2,1H3,(H3,13,14). The molecule has 94 valence electrons. The number of hydrogen-bond acceptors (Lipinski definition) is 4. The highest BCUT2D eigenvalue weighted by Gasteiger charge is 2.12. The van der Waals surface area contributed by atoms with Crippen LogP contribution in [0.5, 0.6) is 0 Å². The fraction of sp³-hybridized carbons (Fsp3) is 0.455. The lowest BCUT2D eigenvalue weighted by Gasteiger charge is -2.23. The van der Waals surface area contributed by atoms with Gasteiger partial charge in [0.25, 0.3) is 0 Å². The lowest BCUT2D eigenvalue weighted by atomic mass is 10.3. The molecule has 0 fully saturated rings. The predicted octanol–water partition coefficient (Wildman–Crippen LogP) is 1.000. The van der Waals surface area contributed by atoms with Crippen molar-refractivity contribution in [1.29, 1.82) is 5.41 Å². The smallest absolute Gasteiger partial charge is 0.165 e. The second-order valence-electron chi connectivity index (χ2n) is 3.56. The molecule has 0 aliphatic heterocycles. The predicted molar refractivity (Wildman–Crippen MR) is 64.8 cm³/mol. The summed E-state index contributed by atoms with van der Waals surface area (Å²) in [6.07, 6.45) is 1.91. The maximum Gasteiger partial charge on any atom is 0.165 e. The van der Waals surface area contributed by atoms with Gasteiger partial charge in [0.05, 0.1) is 12.4 Å². The molecule has 1 heterocycles. The van der Waals surface area contributed by atoms with E-state index >= 15 is 0 Å². The van der Waals surface area contributed by atoms with Gasteiger partial charge in [-0.2, -0.15) is 0 Å². The van der Waals surface area contributed by atoms with Crippen molar-refractivity contribution in [2.75, 3.05) is 31.7 Å². The van der Waals surface area contributed by atoms with E-state index in [1.54, 1.807) is 12.0 Å². The lowest BCUT2D eigenvalue weighted by Crippen LogP contribution is -2.32. The summed E-state index contributed by atoms with van der Waals surface area (Å²) in [5.74, 6) is -0.0401. The van der Waals surface area contributed by atoms with Crippen LogP contribution in [0.4, 0.5) is 10.2 Å². The van der Waals surface area contributed by atoms with Gasteiger partial charge in [0, 0.05) is 32.8 Å². The highest BCUT2D eigenvalue weighted by molar-refractivity contribution is 5.77. The van der Waals surface area contributed by atoms with E-state index in [0.717, 1.165) is 0 Å². The molecule has 1 aromatic rings. The molecule has 0 atom stereocenters. The molecule has 0 aliphatic carbocycles. The van der Waals surface area contributed by atoms with E-state index in [4.69, 9.17) is 15.9 Å². The number of nitrogens with one attached hydrogen (secondary N) is 1. The summed E-state index contributed by atoms with van der Waals surface area (Å²) in [7, 11) is 1.58. The molecule has 0 saturated heterocycles. The van der Waals surface area contributed by atoms with Gasteiger partial charge in [-0.05, 0) is 12.1 Å². The van der Waals surface area contributed by atoms with Crippen LogP contribution in [-0.4, -0.2) is 37.6 Å². The van der Waals surface area contributed by atoms with Crippen LogP contribution in [0.25, 0.3) is 0 Å². The van der Waals surface area contributed by atoms with E-state index in [-0.39, 0.29) is 17.5 Å². The molecule has 0 aliphatic rings. The van der Waals surface area contributed by atoms with Gasteiger partial charge in [0.1, 0.15) is 0 Å². The highest BCUT2D eigenvalue weighted by Crippen LogP contribution is 2.15. The summed E-state index contributed by atoms with van der Waals surface area (Å²) < 4.78 is 18.5. The van der Waals surface area contributed by atoms with Gasteiger partial charge in [0.2, 0.25) is 0 Å². The zero-order valence-electron chi connectivity index (χ0n) is 9.82. The number of nitrogens with two attached hydrogens (primary N) is 1. The fourth-order valence-corrected chi connectivity index (χ4v) is 1.39. The summed E-state index contributed by atoms with van der Waals surface area (Å²) in [4.78, 5) is 5.72. The second-order valence-corrected chi connectivity index (χ2v) is 3.56. The molecule has 0 saturated carbocycles. The average molecular weight is 240 g/mol. The summed E-state index contributed by atoms with van der Waals surface area (Å²) in [5, 5.41) is 7.19. The fourth-order valence-electron chi connectivity index (χ4n) is 1.39. The number of methoxy groups -OCH3 is 1. The zero-order valence-corrected chi connectivity index (χ0v) is 9.82. The highest BCUT2D eigenvalue weighted by atomic mass is 19.1. The third-order valence-corrected chi connectivity index (χ3v) is 2.25. The molecular formula is C11H17FN4O. The monoisotopic (exact) mass is 240 g/mol. The van der Waals surface area contributed by atoms with Crippen LogP contribution in [0.2, 0.25) is 0 Å². The average Bonchev–Trinajstić information content (AvgIpc) is 2.30. The molecule has 3 N–H and O–H groups in total. The van der Waals surface area contributed by atoms with Crippen molar-refractivity contribution in [3.8, 4) is 0 Å². The molecule has 6 heteroatoms. The Balaban J connectivity index is 2.74. The van der Waals surface area contributed by atoms with Crippen molar-refractivity contribution in [3.05, 3.63) is 24.1 Å². The normalized spacial score (nSPS) is 10.2. The van der Waals surface area contributed by atoms with Crippen LogP contribution in [0.15, 0.2) is 18.3 Å². The molecular weight excluding hydrogens is 223 g/mol. The number of anilines is 1. The van der Waals surface area contributed by atoms with Crippen LogP contribution >= 0.6 is 0 Å². The Labute approximate surface area is 99.9 Å². The Hall–Kier alpha value is -1.69. The Bertz CT molecular complexity index is 372. The van der Waals surface area contributed by atoms with Gasteiger partial charge >= 0.3 is 0 Å². The molecule has 1 aromatic heterocycles. The van der Waals surface area contributed by atoms with E-state index in [0.29, 0.717) is 26.1 Å². The van der Waals surface area contributed by atoms with Crippen LogP contribution in [-0.2, 0) is 4.74 Å². The van der Waals surface area contributed by atoms with E-state index in [2.05, 4.69) is 4.98 Å². The zero-order chi connectivity index (χ0) is 12.7. The van der Waals surface area contributed by atoms with E-state index < -0.39 is 0 Å². The first-order valence-corrected chi connectivity index (χ1v) is 5.32. The van der Waals surface area contributed by atoms with Gasteiger partial charge in [-0.15, -0.1) is 0 Å². The van der Waals surface area contributed by atoms with Crippen LogP contribution < -0.4 is 10.6 Å². The number of hydrogen-bond donors (Lipinski definition) is 2. The van der Waals surface area contributed by atoms with Crippen LogP contribution in [0.1, 0.15) is 6.42 Å². The first kappa shape index (κ1) is 13.4. The van der Waals surface area contributed by atoms with Crippen molar-refractivity contribution in [1.82, 2.24) is 4.98 Å². The lowest BCUT2D eigenvalue weighted by molar-refractivity contribution is 0.205. The summed E-state index contributed by atoms with van der Waals surface area (Å²) in [6, 6.07) is 2.90. The van der Waals surface area contributed by atoms with E-state index in [9.17, 15) is 4.39 Å². The first-order chi connectivity index (χ1) is 8.15. The molecule has 0 bridgehead atoms. The van der Waals surface area contributed by atoms with Crippen molar-refractivity contribution < 1.29 is 9.13 Å². The van der Waals surface area contributed by atoms with Crippen molar-refractivity contribution in [3.63, 3.8) is 0 Å². The molecule has 0 spiro atoms. The van der Waals surface area contributed by atoms with Gasteiger partial charge in [0.15, 0.2) is 11.6 Å². The maximum atomic E-state index is 13.6. The van der Waals surface area contributed by atoms with E-state index in [1.807, 2.05) is 0 Å². The Morgan fingerprint density at radius 3 is 2.94 bits per heavy atom. The number of aromatic nitrogens is 1. The first-order valence-electron chi connectivity index (χ1n) is 5.32. The van der Waals surface area contributed by atoms with Gasteiger partial charge in [-0.1, -0.05) is 0 Å². The third kappa shape index (κ3) is 4.36. The minimum Gasteiger partial charge on any atom is -0.388 e. The van der Waals surface area contributed by atoms with Crippen molar-refractivity contribution >= 4 is 11.7 Å². The largest absolute Gasteiger partial charge is 0.388 e. The van der Waals surface area contributed by atoms with Crippen LogP contribution in [0.3, 0.4) is 0 Å². The number of amidine groups is 1. The summed E-state index contributed by atoms with van der Waals surface area (Å²) in [5.41, 5.74) is 5.30. The molecule has 5 nitrogen and oxygen atoms in total. The summed E-state index contributed by atoms with van der Waals surface area (Å²) in [6.45, 7) is 1.43. The molecule has 17 heavy (non-hydrogen) atoms. The van der Waals surface area contributed by atoms with Crippen molar-refractivity contribution in [2.24, 2.45) is 5.73 Å². The number of ether oxygens (including phenoxy) is 1. The maximum absolute atomic E-state index is 13.6. The number of nitrogens with zero attached hydrogens (tertiary/aromatic N) is 2. The minimum absolute atomic E-state index is 0.0729. The Morgan fingerprint density at radius 1 is 1.59 bits per heavy atom. The Morgan fingerprint density at radius 2 is 2.35 bits per heavy atom. The minimum atomic E-state index is -0.382. The van der Waals surface area contributed by atoms with Crippen molar-refractivity contribution in [2.45, 2.75) is 6.42 Å². The molecule has 0 unspecified atom stereocenters. The quantitative estimate of drug-likeness (QED) is 0.550. The van der Waals surface area contributed by atoms with Gasteiger partial charge in [-0.25, -0.2) is 9.37 Å². The number of rotatable bonds is 7. The molecule has 1 rings (SSSR count). The van der Waals surface area contributed by atoms with Gasteiger partial charge in [-0.3, -0.25) is 5.41 Å². The van der Waals surface area contributed by atoms with Crippen LogP contribution in [0, 0.1) is 11.2 Å². The third-order valence-electron chi connectivity index (χ3n) is 2.25. The number of halogens is 1. The molecule has 0 radical (unpaired) electrons. The SMILES string of the molecule is COCCN(CCC(=N)N)c1ncccc1F. The Kier molecular flexibility index (Phi) is 5.35.